The zero-order chi connectivity index (χ0) is 28.5. The molecular formula is C27H31N10O3S+. The summed E-state index contributed by atoms with van der Waals surface area (Å²) in [7, 11) is 4.85. The van der Waals surface area contributed by atoms with Crippen molar-refractivity contribution in [2.45, 2.75) is 11.2 Å². The van der Waals surface area contributed by atoms with E-state index in [0.717, 1.165) is 43.3 Å². The first-order valence-electron chi connectivity index (χ1n) is 13.3. The molecule has 1 unspecified atom stereocenters. The minimum atomic E-state index is -0.664. The number of guanidine groups is 1. The van der Waals surface area contributed by atoms with Crippen LogP contribution < -0.4 is 9.64 Å². The Balaban J connectivity index is 1.23. The van der Waals surface area contributed by atoms with Crippen molar-refractivity contribution in [2.75, 3.05) is 64.6 Å². The molecule has 3 aromatic rings. The molecule has 4 heterocycles. The predicted molar refractivity (Wildman–Crippen MR) is 154 cm³/mol. The van der Waals surface area contributed by atoms with Gasteiger partial charge in [0.2, 0.25) is 17.0 Å². The molecule has 0 N–H and O–H groups in total. The second-order valence-corrected chi connectivity index (χ2v) is 10.9. The van der Waals surface area contributed by atoms with Gasteiger partial charge in [-0.1, -0.05) is 35.0 Å². The van der Waals surface area contributed by atoms with Crippen molar-refractivity contribution in [1.82, 2.24) is 34.9 Å². The highest BCUT2D eigenvalue weighted by Gasteiger charge is 2.55. The largest absolute Gasteiger partial charge is 0.497 e. The van der Waals surface area contributed by atoms with Crippen molar-refractivity contribution in [1.29, 1.82) is 0 Å². The summed E-state index contributed by atoms with van der Waals surface area (Å²) in [4.78, 5) is 38.0. The average Bonchev–Trinajstić information content (AvgIpc) is 3.65. The number of nitrogens with zero attached hydrogens (tertiary/aromatic N) is 10. The number of aromatic nitrogens is 4. The van der Waals surface area contributed by atoms with E-state index in [4.69, 9.17) is 9.73 Å². The number of amides is 3. The highest BCUT2D eigenvalue weighted by molar-refractivity contribution is 7.99. The number of tetrazole rings is 1. The number of urea groups is 1. The Hall–Kier alpha value is -4.46. The summed E-state index contributed by atoms with van der Waals surface area (Å²) in [5.74, 6) is 2.33. The van der Waals surface area contributed by atoms with Crippen molar-refractivity contribution < 1.29 is 18.9 Å². The average molecular weight is 576 g/mol. The van der Waals surface area contributed by atoms with Crippen molar-refractivity contribution in [3.05, 3.63) is 54.6 Å². The molecule has 0 aliphatic carbocycles. The van der Waals surface area contributed by atoms with Crippen molar-refractivity contribution in [2.24, 2.45) is 4.99 Å². The number of amidine groups is 1. The molecule has 0 radical (unpaired) electrons. The Morgan fingerprint density at radius 3 is 2.41 bits per heavy atom. The summed E-state index contributed by atoms with van der Waals surface area (Å²) in [5.41, 5.74) is 2.01. The van der Waals surface area contributed by atoms with Gasteiger partial charge < -0.3 is 9.64 Å². The van der Waals surface area contributed by atoms with Crippen LogP contribution >= 0.6 is 11.8 Å². The number of hydrogen-bond donors (Lipinski definition) is 0. The molecule has 3 amide bonds. The maximum atomic E-state index is 13.4. The molecule has 212 valence electrons. The van der Waals surface area contributed by atoms with Crippen molar-refractivity contribution in [3.63, 3.8) is 0 Å². The fourth-order valence-electron chi connectivity index (χ4n) is 5.26. The zero-order valence-corrected chi connectivity index (χ0v) is 23.9. The lowest BCUT2D eigenvalue weighted by molar-refractivity contribution is -0.534. The smallest absolute Gasteiger partial charge is 0.392 e. The third-order valence-corrected chi connectivity index (χ3v) is 8.41. The minimum absolute atomic E-state index is 0.280. The number of carbonyl (C=O) groups is 2. The molecule has 3 aliphatic heterocycles. The third-order valence-electron chi connectivity index (χ3n) is 7.51. The van der Waals surface area contributed by atoms with E-state index in [1.54, 1.807) is 18.8 Å². The SMILES string of the molecule is COc1ccc(N2CC[N+](=C3N=C4C(C(=O)N(C)C(=O)N4C)N3CCSc3nnnn3-c3ccccc3)CC2)cc1. The number of rotatable bonds is 7. The van der Waals surface area contributed by atoms with E-state index in [2.05, 4.69) is 37.1 Å². The number of carbonyl (C=O) groups excluding carboxylic acids is 2. The second-order valence-electron chi connectivity index (χ2n) is 9.83. The van der Waals surface area contributed by atoms with Gasteiger partial charge in [0, 0.05) is 38.6 Å². The molecule has 0 saturated carbocycles. The second kappa shape index (κ2) is 11.2. The van der Waals surface area contributed by atoms with Crippen LogP contribution in [0.5, 0.6) is 5.75 Å². The van der Waals surface area contributed by atoms with Gasteiger partial charge >= 0.3 is 12.0 Å². The van der Waals surface area contributed by atoms with Crippen LogP contribution in [-0.2, 0) is 4.79 Å². The first kappa shape index (κ1) is 26.7. The van der Waals surface area contributed by atoms with E-state index in [9.17, 15) is 9.59 Å². The quantitative estimate of drug-likeness (QED) is 0.303. The molecule has 1 aromatic heterocycles. The Morgan fingerprint density at radius 2 is 1.71 bits per heavy atom. The maximum Gasteiger partial charge on any atom is 0.392 e. The van der Waals surface area contributed by atoms with E-state index < -0.39 is 6.04 Å². The van der Waals surface area contributed by atoms with E-state index in [-0.39, 0.29) is 11.9 Å². The number of piperazine rings is 1. The molecular weight excluding hydrogens is 544 g/mol. The number of methoxy groups -OCH3 is 1. The molecule has 2 saturated heterocycles. The van der Waals surface area contributed by atoms with Crippen LogP contribution in [0, 0.1) is 0 Å². The molecule has 41 heavy (non-hydrogen) atoms. The number of likely N-dealkylation sites (N-methyl/N-ethyl adjacent to an activating group) is 2. The van der Waals surface area contributed by atoms with Crippen LogP contribution in [0.1, 0.15) is 0 Å². The van der Waals surface area contributed by atoms with Gasteiger partial charge in [0.25, 0.3) is 5.91 Å². The number of para-hydroxylation sites is 1. The topological polar surface area (TPSA) is 115 Å². The molecule has 14 heteroatoms. The minimum Gasteiger partial charge on any atom is -0.497 e. The van der Waals surface area contributed by atoms with Crippen molar-refractivity contribution in [3.8, 4) is 11.4 Å². The Morgan fingerprint density at radius 1 is 0.976 bits per heavy atom. The first-order valence-corrected chi connectivity index (χ1v) is 14.3. The fraction of sp³-hybridized carbons (Fsp3) is 0.370. The summed E-state index contributed by atoms with van der Waals surface area (Å²) in [6.45, 7) is 3.55. The molecule has 2 aromatic carbocycles. The van der Waals surface area contributed by atoms with E-state index in [1.807, 2.05) is 47.4 Å². The lowest BCUT2D eigenvalue weighted by Gasteiger charge is -2.34. The molecule has 13 nitrogen and oxygen atoms in total. The van der Waals surface area contributed by atoms with Gasteiger partial charge in [-0.2, -0.15) is 4.68 Å². The molecule has 6 rings (SSSR count). The summed E-state index contributed by atoms with van der Waals surface area (Å²) < 4.78 is 9.20. The number of imide groups is 1. The Kier molecular flexibility index (Phi) is 7.30. The van der Waals surface area contributed by atoms with E-state index in [0.29, 0.717) is 29.2 Å². The number of hydrogen-bond acceptors (Lipinski definition) is 8. The monoisotopic (exact) mass is 575 g/mol. The summed E-state index contributed by atoms with van der Waals surface area (Å²) >= 11 is 1.51. The zero-order valence-electron chi connectivity index (χ0n) is 23.1. The molecule has 2 fully saturated rings. The van der Waals surface area contributed by atoms with Crippen LogP contribution in [-0.4, -0.2) is 129 Å². The highest BCUT2D eigenvalue weighted by atomic mass is 32.2. The standard InChI is InChI=1S/C27H31N10O3S/c1-32-23-22(24(38)33(2)27(32)39)36(17-18-41-26-29-30-31-37(26)20-7-5-4-6-8-20)25(28-23)35-15-13-34(14-16-35)19-9-11-21(40-3)12-10-19/h4-12,22H,13-18H2,1-3H3/q+1. The summed E-state index contributed by atoms with van der Waals surface area (Å²) in [6, 6.07) is 16.7. The molecule has 0 bridgehead atoms. The Labute approximate surface area is 241 Å². The number of ether oxygens (including phenoxy) is 1. The summed E-state index contributed by atoms with van der Waals surface area (Å²) in [6.07, 6.45) is 0. The van der Waals surface area contributed by atoms with Gasteiger partial charge in [0.05, 0.1) is 32.4 Å². The van der Waals surface area contributed by atoms with Gasteiger partial charge in [-0.15, -0.1) is 5.10 Å². The van der Waals surface area contributed by atoms with Gasteiger partial charge in [-0.05, 0) is 46.8 Å². The predicted octanol–water partition coefficient (Wildman–Crippen LogP) is 1.26. The normalized spacial score (nSPS) is 19.2. The fourth-order valence-corrected chi connectivity index (χ4v) is 6.09. The highest BCUT2D eigenvalue weighted by Crippen LogP contribution is 2.26. The van der Waals surface area contributed by atoms with Gasteiger partial charge in [0.15, 0.2) is 0 Å². The third kappa shape index (κ3) is 4.99. The lowest BCUT2D eigenvalue weighted by Crippen LogP contribution is -2.63. The van der Waals surface area contributed by atoms with Crippen LogP contribution in [0.4, 0.5) is 10.5 Å². The molecule has 0 spiro atoms. The van der Waals surface area contributed by atoms with Crippen molar-refractivity contribution >= 4 is 41.2 Å². The molecule has 1 atom stereocenters. The number of anilines is 1. The van der Waals surface area contributed by atoms with Gasteiger partial charge in [0.1, 0.15) is 5.75 Å². The number of fused-ring (bicyclic) bond motifs is 1. The number of thioether (sulfide) groups is 1. The lowest BCUT2D eigenvalue weighted by atomic mass is 10.1. The molecule has 3 aliphatic rings. The van der Waals surface area contributed by atoms with Crippen LogP contribution in [0.25, 0.3) is 5.69 Å². The van der Waals surface area contributed by atoms with Gasteiger partial charge in [-0.25, -0.2) is 9.69 Å². The van der Waals surface area contributed by atoms with E-state index in [1.165, 1.54) is 28.6 Å². The maximum absolute atomic E-state index is 13.4. The van der Waals surface area contributed by atoms with E-state index >= 15 is 0 Å². The van der Waals surface area contributed by atoms with Crippen LogP contribution in [0.2, 0.25) is 0 Å². The number of aliphatic imine (C=N–C) groups is 1. The first-order chi connectivity index (χ1) is 20.0. The van der Waals surface area contributed by atoms with Crippen LogP contribution in [0.3, 0.4) is 0 Å². The van der Waals surface area contributed by atoms with Crippen LogP contribution in [0.15, 0.2) is 64.7 Å². The summed E-state index contributed by atoms with van der Waals surface area (Å²) in [5, 5.41) is 12.9. The Bertz CT molecular complexity index is 1500. The van der Waals surface area contributed by atoms with Gasteiger partial charge in [-0.3, -0.25) is 19.2 Å². The number of benzene rings is 2.